The van der Waals surface area contributed by atoms with Gasteiger partial charge in [-0.3, -0.25) is 9.88 Å². The Morgan fingerprint density at radius 2 is 1.97 bits per heavy atom. The van der Waals surface area contributed by atoms with Crippen LogP contribution in [0.25, 0.3) is 11.2 Å². The predicted octanol–water partition coefficient (Wildman–Crippen LogP) is 4.58. The molecule has 1 unspecified atom stereocenters. The fourth-order valence-electron chi connectivity index (χ4n) is 5.99. The molecule has 0 bridgehead atoms. The van der Waals surface area contributed by atoms with Crippen LogP contribution in [0.2, 0.25) is 0 Å². The fourth-order valence-corrected chi connectivity index (χ4v) is 5.99. The molecule has 0 spiro atoms. The third kappa shape index (κ3) is 4.13. The van der Waals surface area contributed by atoms with Gasteiger partial charge >= 0.3 is 0 Å². The number of rotatable bonds is 6. The third-order valence-electron chi connectivity index (χ3n) is 8.45. The van der Waals surface area contributed by atoms with Crippen LogP contribution in [-0.4, -0.2) is 54.2 Å². The predicted molar refractivity (Wildman–Crippen MR) is 133 cm³/mol. The second-order valence-corrected chi connectivity index (χ2v) is 11.5. The third-order valence-corrected chi connectivity index (χ3v) is 8.45. The van der Waals surface area contributed by atoms with E-state index in [2.05, 4.69) is 71.3 Å². The Hall–Kier alpha value is -2.38. The van der Waals surface area contributed by atoms with E-state index in [0.717, 1.165) is 67.9 Å². The second-order valence-electron chi connectivity index (χ2n) is 11.5. The van der Waals surface area contributed by atoms with E-state index in [1.807, 2.05) is 19.3 Å². The first-order valence-corrected chi connectivity index (χ1v) is 12.6. The Labute approximate surface area is 203 Å². The first kappa shape index (κ1) is 23.4. The maximum absolute atomic E-state index is 6.71. The van der Waals surface area contributed by atoms with Crippen molar-refractivity contribution < 1.29 is 4.74 Å². The molecule has 7 heteroatoms. The summed E-state index contributed by atoms with van der Waals surface area (Å²) in [6.07, 6.45) is 11.1. The zero-order chi connectivity index (χ0) is 24.1. The lowest BCUT2D eigenvalue weighted by molar-refractivity contribution is -0.0789. The summed E-state index contributed by atoms with van der Waals surface area (Å²) in [6, 6.07) is 4.36. The average molecular weight is 463 g/mol. The molecule has 0 aromatic carbocycles. The molecule has 0 aliphatic carbocycles. The Morgan fingerprint density at radius 1 is 1.15 bits per heavy atom. The molecule has 5 heterocycles. The summed E-state index contributed by atoms with van der Waals surface area (Å²) in [5.41, 5.74) is 4.08. The summed E-state index contributed by atoms with van der Waals surface area (Å²) >= 11 is 0. The highest BCUT2D eigenvalue weighted by atomic mass is 16.5. The minimum Gasteiger partial charge on any atom is -0.372 e. The first-order chi connectivity index (χ1) is 16.1. The lowest BCUT2D eigenvalue weighted by Crippen LogP contribution is -2.45. The van der Waals surface area contributed by atoms with Gasteiger partial charge in [-0.1, -0.05) is 6.07 Å². The van der Waals surface area contributed by atoms with Crippen LogP contribution in [0.4, 0.5) is 0 Å². The normalized spacial score (nSPS) is 25.4. The van der Waals surface area contributed by atoms with Crippen molar-refractivity contribution in [2.45, 2.75) is 84.0 Å². The van der Waals surface area contributed by atoms with Crippen molar-refractivity contribution in [1.82, 2.24) is 29.4 Å². The smallest absolute Gasteiger partial charge is 0.180 e. The van der Waals surface area contributed by atoms with E-state index in [-0.39, 0.29) is 22.7 Å². The number of hydrogen-bond acceptors (Lipinski definition) is 6. The van der Waals surface area contributed by atoms with Crippen molar-refractivity contribution in [2.24, 2.45) is 12.5 Å². The van der Waals surface area contributed by atoms with Crippen LogP contribution in [0, 0.1) is 12.3 Å². The summed E-state index contributed by atoms with van der Waals surface area (Å²) in [7, 11) is 2.07. The lowest BCUT2D eigenvalue weighted by atomic mass is 9.75. The second kappa shape index (κ2) is 8.38. The van der Waals surface area contributed by atoms with E-state index in [1.165, 1.54) is 5.56 Å². The van der Waals surface area contributed by atoms with Gasteiger partial charge in [0.05, 0.1) is 17.9 Å². The molecule has 0 radical (unpaired) electrons. The summed E-state index contributed by atoms with van der Waals surface area (Å²) in [5.74, 6) is 1.08. The Morgan fingerprint density at radius 3 is 2.65 bits per heavy atom. The van der Waals surface area contributed by atoms with Crippen LogP contribution in [0.3, 0.4) is 0 Å². The molecule has 2 atom stereocenters. The molecule has 182 valence electrons. The number of hydrogen-bond donors (Lipinski definition) is 0. The van der Waals surface area contributed by atoms with Crippen molar-refractivity contribution >= 4 is 11.2 Å². The molecule has 0 amide bonds. The summed E-state index contributed by atoms with van der Waals surface area (Å²) < 4.78 is 8.86. The largest absolute Gasteiger partial charge is 0.372 e. The quantitative estimate of drug-likeness (QED) is 0.534. The Bertz CT molecular complexity index is 1170. The minimum absolute atomic E-state index is 0.0467. The van der Waals surface area contributed by atoms with Crippen LogP contribution >= 0.6 is 0 Å². The Kier molecular flexibility index (Phi) is 5.76. The van der Waals surface area contributed by atoms with Crippen molar-refractivity contribution in [3.63, 3.8) is 0 Å². The molecule has 7 nitrogen and oxygen atoms in total. The van der Waals surface area contributed by atoms with Gasteiger partial charge in [0.2, 0.25) is 0 Å². The first-order valence-electron chi connectivity index (χ1n) is 12.6. The molecule has 5 rings (SSSR count). The van der Waals surface area contributed by atoms with Gasteiger partial charge in [0.15, 0.2) is 5.65 Å². The van der Waals surface area contributed by atoms with Gasteiger partial charge in [-0.25, -0.2) is 15.0 Å². The number of aromatic nitrogens is 5. The van der Waals surface area contributed by atoms with Gasteiger partial charge in [-0.15, -0.1) is 0 Å². The molecular weight excluding hydrogens is 424 g/mol. The van der Waals surface area contributed by atoms with Gasteiger partial charge in [-0.05, 0) is 78.5 Å². The molecule has 3 aromatic rings. The zero-order valence-corrected chi connectivity index (χ0v) is 21.5. The number of fused-ring (bicyclic) bond motifs is 1. The van der Waals surface area contributed by atoms with Gasteiger partial charge < -0.3 is 9.30 Å². The maximum Gasteiger partial charge on any atom is 0.180 e. The van der Waals surface area contributed by atoms with Crippen molar-refractivity contribution in [3.8, 4) is 0 Å². The van der Waals surface area contributed by atoms with Crippen LogP contribution in [0.15, 0.2) is 30.9 Å². The number of ether oxygens (including phenoxy) is 1. The van der Waals surface area contributed by atoms with Gasteiger partial charge in [0.1, 0.15) is 17.7 Å². The number of imidazole rings is 1. The molecule has 2 fully saturated rings. The van der Waals surface area contributed by atoms with E-state index in [9.17, 15) is 0 Å². The monoisotopic (exact) mass is 462 g/mol. The van der Waals surface area contributed by atoms with E-state index in [4.69, 9.17) is 9.72 Å². The van der Waals surface area contributed by atoms with Crippen molar-refractivity contribution in [3.05, 3.63) is 47.9 Å². The SMILES string of the molecule is Cc1ccc(C(C)(C)N2CC[C@](CCc3nc4ncncc4n3C)(C3CCC(C)(C)O3)C2)cn1. The molecule has 3 aromatic heterocycles. The molecule has 0 saturated carbocycles. The topological polar surface area (TPSA) is 69.0 Å². The van der Waals surface area contributed by atoms with Crippen molar-refractivity contribution in [1.29, 1.82) is 0 Å². The standard InChI is InChI=1S/C27H38N6O/c1-19-7-8-20(15-29-19)26(4,5)33-14-13-27(17-33,22-9-11-25(2,3)34-22)12-10-23-31-24-21(32(23)6)16-28-18-30-24/h7-8,15-16,18,22H,9-14,17H2,1-6H3/t22?,27-/m0/s1. The maximum atomic E-state index is 6.71. The average Bonchev–Trinajstić information content (AvgIpc) is 3.49. The summed E-state index contributed by atoms with van der Waals surface area (Å²) in [4.78, 5) is 20.6. The van der Waals surface area contributed by atoms with Crippen LogP contribution < -0.4 is 0 Å². The van der Waals surface area contributed by atoms with Gasteiger partial charge in [0, 0.05) is 42.9 Å². The Balaban J connectivity index is 1.41. The number of aryl methyl sites for hydroxylation is 3. The molecular formula is C27H38N6O. The van der Waals surface area contributed by atoms with E-state index >= 15 is 0 Å². The fraction of sp³-hybridized carbons (Fsp3) is 0.630. The molecule has 2 aliphatic heterocycles. The summed E-state index contributed by atoms with van der Waals surface area (Å²) in [6.45, 7) is 13.3. The van der Waals surface area contributed by atoms with E-state index in [1.54, 1.807) is 6.33 Å². The van der Waals surface area contributed by atoms with E-state index in [0.29, 0.717) is 0 Å². The van der Waals surface area contributed by atoms with Crippen LogP contribution in [-0.2, 0) is 23.7 Å². The zero-order valence-electron chi connectivity index (χ0n) is 21.5. The number of likely N-dealkylation sites (tertiary alicyclic amines) is 1. The van der Waals surface area contributed by atoms with Gasteiger partial charge in [-0.2, -0.15) is 0 Å². The number of pyridine rings is 1. The van der Waals surface area contributed by atoms with Crippen LogP contribution in [0.1, 0.15) is 70.5 Å². The number of nitrogens with zero attached hydrogens (tertiary/aromatic N) is 6. The highest BCUT2D eigenvalue weighted by Crippen LogP contribution is 2.49. The highest BCUT2D eigenvalue weighted by molar-refractivity contribution is 5.69. The lowest BCUT2D eigenvalue weighted by Gasteiger charge is -2.40. The van der Waals surface area contributed by atoms with Gasteiger partial charge in [0.25, 0.3) is 0 Å². The minimum atomic E-state index is -0.0793. The molecule has 2 aliphatic rings. The van der Waals surface area contributed by atoms with Crippen molar-refractivity contribution in [2.75, 3.05) is 13.1 Å². The van der Waals surface area contributed by atoms with Crippen LogP contribution in [0.5, 0.6) is 0 Å². The molecule has 2 saturated heterocycles. The molecule has 34 heavy (non-hydrogen) atoms. The molecule has 0 N–H and O–H groups in total. The highest BCUT2D eigenvalue weighted by Gasteiger charge is 2.51. The summed E-state index contributed by atoms with van der Waals surface area (Å²) in [5, 5.41) is 0. The van der Waals surface area contributed by atoms with E-state index < -0.39 is 0 Å².